The highest BCUT2D eigenvalue weighted by atomic mass is 79.9. The lowest BCUT2D eigenvalue weighted by atomic mass is 10.1. The lowest BCUT2D eigenvalue weighted by molar-refractivity contribution is -0.122. The molecule has 3 aromatic rings. The molecule has 3 aromatic carbocycles. The van der Waals surface area contributed by atoms with Crippen LogP contribution in [0.25, 0.3) is 6.08 Å². The molecule has 172 valence electrons. The fourth-order valence-corrected chi connectivity index (χ4v) is 4.59. The summed E-state index contributed by atoms with van der Waals surface area (Å²) in [7, 11) is 0. The second-order valence-corrected chi connectivity index (χ2v) is 9.63. The van der Waals surface area contributed by atoms with E-state index in [1.807, 2.05) is 25.1 Å². The summed E-state index contributed by atoms with van der Waals surface area (Å²) in [4.78, 5) is 39.1. The molecule has 34 heavy (non-hydrogen) atoms. The van der Waals surface area contributed by atoms with E-state index in [1.54, 1.807) is 43.3 Å². The van der Waals surface area contributed by atoms with E-state index in [-0.39, 0.29) is 5.57 Å². The molecular formula is C26H20Br2N2O4. The number of carbonyl (C=O) groups excluding carboxylic acids is 3. The van der Waals surface area contributed by atoms with E-state index in [2.05, 4.69) is 43.2 Å². The van der Waals surface area contributed by atoms with Gasteiger partial charge in [-0.3, -0.25) is 14.9 Å². The molecule has 0 aliphatic carbocycles. The van der Waals surface area contributed by atoms with Crippen molar-refractivity contribution in [3.63, 3.8) is 0 Å². The van der Waals surface area contributed by atoms with Crippen molar-refractivity contribution >= 4 is 61.5 Å². The van der Waals surface area contributed by atoms with Gasteiger partial charge in [0, 0.05) is 4.47 Å². The molecule has 6 nitrogen and oxygen atoms in total. The number of benzene rings is 3. The highest BCUT2D eigenvalue weighted by molar-refractivity contribution is 9.10. The number of hydrogen-bond acceptors (Lipinski definition) is 4. The smallest absolute Gasteiger partial charge is 0.335 e. The SMILES string of the molecule is Cc1cccc(COc2ccc(/C=C3/C(=O)NC(=O)N(c4ccc(Br)cc4C)C3=O)cc2Br)c1. The van der Waals surface area contributed by atoms with Gasteiger partial charge in [0.1, 0.15) is 17.9 Å². The Morgan fingerprint density at radius 1 is 0.971 bits per heavy atom. The molecule has 0 saturated carbocycles. The van der Waals surface area contributed by atoms with Gasteiger partial charge in [0.05, 0.1) is 10.2 Å². The summed E-state index contributed by atoms with van der Waals surface area (Å²) in [5.74, 6) is -0.794. The number of ether oxygens (including phenoxy) is 1. The van der Waals surface area contributed by atoms with Gasteiger partial charge < -0.3 is 4.74 Å². The van der Waals surface area contributed by atoms with Crippen LogP contribution in [0.3, 0.4) is 0 Å². The van der Waals surface area contributed by atoms with Crippen LogP contribution >= 0.6 is 31.9 Å². The number of imide groups is 2. The zero-order valence-corrected chi connectivity index (χ0v) is 21.6. The Morgan fingerprint density at radius 2 is 1.76 bits per heavy atom. The second-order valence-electron chi connectivity index (χ2n) is 7.86. The summed E-state index contributed by atoms with van der Waals surface area (Å²) in [5.41, 5.74) is 3.80. The van der Waals surface area contributed by atoms with Crippen molar-refractivity contribution in [2.24, 2.45) is 0 Å². The van der Waals surface area contributed by atoms with Crippen LogP contribution in [0, 0.1) is 13.8 Å². The lowest BCUT2D eigenvalue weighted by Crippen LogP contribution is -2.54. The quantitative estimate of drug-likeness (QED) is 0.292. The van der Waals surface area contributed by atoms with Gasteiger partial charge >= 0.3 is 6.03 Å². The average molecular weight is 584 g/mol. The van der Waals surface area contributed by atoms with E-state index in [4.69, 9.17) is 4.74 Å². The molecule has 1 fully saturated rings. The largest absolute Gasteiger partial charge is 0.488 e. The first kappa shape index (κ1) is 23.9. The monoisotopic (exact) mass is 582 g/mol. The first-order valence-corrected chi connectivity index (χ1v) is 12.0. The Hall–Kier alpha value is -3.23. The topological polar surface area (TPSA) is 75.7 Å². The first-order valence-electron chi connectivity index (χ1n) is 10.4. The van der Waals surface area contributed by atoms with Crippen LogP contribution in [-0.2, 0) is 16.2 Å². The molecule has 1 saturated heterocycles. The summed E-state index contributed by atoms with van der Waals surface area (Å²) in [5, 5.41) is 2.25. The summed E-state index contributed by atoms with van der Waals surface area (Å²) in [6.45, 7) is 4.22. The Kier molecular flexibility index (Phi) is 7.00. The number of anilines is 1. The van der Waals surface area contributed by atoms with Crippen LogP contribution in [-0.4, -0.2) is 17.8 Å². The summed E-state index contributed by atoms with van der Waals surface area (Å²) in [6, 6.07) is 17.7. The van der Waals surface area contributed by atoms with Gasteiger partial charge in [0.25, 0.3) is 11.8 Å². The van der Waals surface area contributed by atoms with Crippen LogP contribution in [0.4, 0.5) is 10.5 Å². The number of halogens is 2. The minimum absolute atomic E-state index is 0.137. The molecule has 0 spiro atoms. The van der Waals surface area contributed by atoms with Crippen LogP contribution in [0.15, 0.2) is 75.2 Å². The van der Waals surface area contributed by atoms with Crippen LogP contribution < -0.4 is 15.0 Å². The number of carbonyl (C=O) groups is 3. The molecule has 0 atom stereocenters. The normalized spacial score (nSPS) is 15.0. The molecule has 1 heterocycles. The predicted octanol–water partition coefficient (Wildman–Crippen LogP) is 6.07. The van der Waals surface area contributed by atoms with Crippen molar-refractivity contribution in [2.45, 2.75) is 20.5 Å². The molecular weight excluding hydrogens is 564 g/mol. The van der Waals surface area contributed by atoms with Gasteiger partial charge in [-0.2, -0.15) is 0 Å². The van der Waals surface area contributed by atoms with Crippen LogP contribution in [0.5, 0.6) is 5.75 Å². The van der Waals surface area contributed by atoms with E-state index in [0.29, 0.717) is 33.6 Å². The predicted molar refractivity (Wildman–Crippen MR) is 138 cm³/mol. The van der Waals surface area contributed by atoms with E-state index in [9.17, 15) is 14.4 Å². The molecule has 8 heteroatoms. The van der Waals surface area contributed by atoms with Gasteiger partial charge in [0.2, 0.25) is 0 Å². The highest BCUT2D eigenvalue weighted by Gasteiger charge is 2.37. The van der Waals surface area contributed by atoms with Crippen molar-refractivity contribution in [1.29, 1.82) is 0 Å². The maximum Gasteiger partial charge on any atom is 0.335 e. The van der Waals surface area contributed by atoms with Gasteiger partial charge in [-0.15, -0.1) is 0 Å². The van der Waals surface area contributed by atoms with Crippen molar-refractivity contribution in [1.82, 2.24) is 5.32 Å². The fourth-order valence-electron chi connectivity index (χ4n) is 3.60. The van der Waals surface area contributed by atoms with E-state index < -0.39 is 17.8 Å². The molecule has 0 bridgehead atoms. The maximum absolute atomic E-state index is 13.2. The van der Waals surface area contributed by atoms with Crippen LogP contribution in [0.2, 0.25) is 0 Å². The fraction of sp³-hybridized carbons (Fsp3) is 0.115. The molecule has 4 rings (SSSR count). The summed E-state index contributed by atoms with van der Waals surface area (Å²) in [6.07, 6.45) is 1.46. The summed E-state index contributed by atoms with van der Waals surface area (Å²) >= 11 is 6.87. The number of urea groups is 1. The Balaban J connectivity index is 1.58. The van der Waals surface area contributed by atoms with Gasteiger partial charge in [-0.05, 0) is 82.9 Å². The number of aryl methyl sites for hydroxylation is 2. The average Bonchev–Trinajstić information content (AvgIpc) is 2.77. The maximum atomic E-state index is 13.2. The first-order chi connectivity index (χ1) is 16.2. The number of nitrogens with one attached hydrogen (secondary N) is 1. The van der Waals surface area contributed by atoms with Crippen LogP contribution in [0.1, 0.15) is 22.3 Å². The van der Waals surface area contributed by atoms with Crippen molar-refractivity contribution in [2.75, 3.05) is 4.90 Å². The highest BCUT2D eigenvalue weighted by Crippen LogP contribution is 2.30. The molecule has 4 amide bonds. The molecule has 1 aliphatic heterocycles. The molecule has 0 unspecified atom stereocenters. The number of nitrogens with zero attached hydrogens (tertiary/aromatic N) is 1. The number of amides is 4. The summed E-state index contributed by atoms with van der Waals surface area (Å²) < 4.78 is 7.40. The van der Waals surface area contributed by atoms with Gasteiger partial charge in [0.15, 0.2) is 0 Å². The number of barbiturate groups is 1. The van der Waals surface area contributed by atoms with Gasteiger partial charge in [-0.25, -0.2) is 9.69 Å². The Labute approximate surface area is 213 Å². The second kappa shape index (κ2) is 9.95. The van der Waals surface area contributed by atoms with Gasteiger partial charge in [-0.1, -0.05) is 51.8 Å². The number of rotatable bonds is 5. The van der Waals surface area contributed by atoms with E-state index in [1.165, 1.54) is 6.08 Å². The lowest BCUT2D eigenvalue weighted by Gasteiger charge is -2.27. The minimum atomic E-state index is -0.779. The number of hydrogen-bond donors (Lipinski definition) is 1. The molecule has 1 N–H and O–H groups in total. The third kappa shape index (κ3) is 5.13. The zero-order chi connectivity index (χ0) is 24.4. The molecule has 0 radical (unpaired) electrons. The third-order valence-corrected chi connectivity index (χ3v) is 6.36. The van der Waals surface area contributed by atoms with Crippen molar-refractivity contribution < 1.29 is 19.1 Å². The minimum Gasteiger partial charge on any atom is -0.488 e. The zero-order valence-electron chi connectivity index (χ0n) is 18.4. The van der Waals surface area contributed by atoms with E-state index in [0.717, 1.165) is 20.5 Å². The molecule has 0 aromatic heterocycles. The third-order valence-electron chi connectivity index (χ3n) is 5.25. The van der Waals surface area contributed by atoms with Crippen molar-refractivity contribution in [3.8, 4) is 5.75 Å². The Bertz CT molecular complexity index is 1350. The molecule has 1 aliphatic rings. The van der Waals surface area contributed by atoms with E-state index >= 15 is 0 Å². The standard InChI is InChI=1S/C26H20Br2N2O4/c1-15-4-3-5-18(10-15)14-34-23-9-6-17(13-21(23)28)12-20-24(31)29-26(33)30(25(20)32)22-8-7-19(27)11-16(22)2/h3-13H,14H2,1-2H3,(H,29,31,33)/b20-12-. The Morgan fingerprint density at radius 3 is 2.47 bits per heavy atom. The van der Waals surface area contributed by atoms with Crippen molar-refractivity contribution in [3.05, 3.63) is 97.4 Å².